The number of rotatable bonds is 4. The highest BCUT2D eigenvalue weighted by Gasteiger charge is 2.35. The largest absolute Gasteiger partial charge is 0.497 e. The molecule has 1 fully saturated rings. The maximum Gasteiger partial charge on any atom is 0.212 e. The van der Waals surface area contributed by atoms with E-state index in [0.717, 1.165) is 0 Å². The van der Waals surface area contributed by atoms with E-state index in [0.29, 0.717) is 60.3 Å². The highest BCUT2D eigenvalue weighted by atomic mass is 16.5. The first-order valence-corrected chi connectivity index (χ1v) is 8.85. The molecular formula is C21H20N2O4. The van der Waals surface area contributed by atoms with E-state index in [2.05, 4.69) is 5.32 Å². The Morgan fingerprint density at radius 3 is 2.37 bits per heavy atom. The lowest BCUT2D eigenvalue weighted by molar-refractivity contribution is 0.0496. The first-order valence-electron chi connectivity index (χ1n) is 8.85. The van der Waals surface area contributed by atoms with Gasteiger partial charge in [-0.1, -0.05) is 30.3 Å². The Balaban J connectivity index is 1.81. The second kappa shape index (κ2) is 7.25. The lowest BCUT2D eigenvalue weighted by atomic mass is 9.89. The lowest BCUT2D eigenvalue weighted by Crippen LogP contribution is -2.42. The molecule has 1 saturated heterocycles. The molecule has 0 atom stereocenters. The van der Waals surface area contributed by atoms with E-state index in [4.69, 9.17) is 9.47 Å². The van der Waals surface area contributed by atoms with Gasteiger partial charge in [-0.25, -0.2) is 0 Å². The molecular weight excluding hydrogens is 344 g/mol. The monoisotopic (exact) mass is 364 g/mol. The number of carbonyl (C=O) groups excluding carboxylic acids is 2. The Labute approximate surface area is 157 Å². The summed E-state index contributed by atoms with van der Waals surface area (Å²) < 4.78 is 10.7. The van der Waals surface area contributed by atoms with Gasteiger partial charge in [0.25, 0.3) is 0 Å². The van der Waals surface area contributed by atoms with Crippen LogP contribution in [0.25, 0.3) is 0 Å². The van der Waals surface area contributed by atoms with Crippen molar-refractivity contribution in [3.8, 4) is 5.75 Å². The molecule has 2 aromatic carbocycles. The topological polar surface area (TPSA) is 67.9 Å². The number of Topliss-reactive ketones (excluding diaryl/α,β-unsaturated/α-hetero) is 2. The zero-order valence-electron chi connectivity index (χ0n) is 15.0. The molecule has 6 nitrogen and oxygen atoms in total. The van der Waals surface area contributed by atoms with Crippen LogP contribution in [0.3, 0.4) is 0 Å². The summed E-state index contributed by atoms with van der Waals surface area (Å²) in [5, 5.41) is 3.17. The summed E-state index contributed by atoms with van der Waals surface area (Å²) in [6.07, 6.45) is 0. The molecule has 0 radical (unpaired) electrons. The van der Waals surface area contributed by atoms with E-state index in [1.165, 1.54) is 0 Å². The second-order valence-corrected chi connectivity index (χ2v) is 6.38. The summed E-state index contributed by atoms with van der Waals surface area (Å²) in [6, 6.07) is 14.2. The quantitative estimate of drug-likeness (QED) is 0.900. The van der Waals surface area contributed by atoms with E-state index >= 15 is 0 Å². The third-order valence-electron chi connectivity index (χ3n) is 4.76. The van der Waals surface area contributed by atoms with Crippen LogP contribution in [0.5, 0.6) is 5.75 Å². The fourth-order valence-corrected chi connectivity index (χ4v) is 3.41. The van der Waals surface area contributed by atoms with Crippen molar-refractivity contribution < 1.29 is 19.1 Å². The van der Waals surface area contributed by atoms with Crippen molar-refractivity contribution in [2.75, 3.05) is 38.7 Å². The van der Waals surface area contributed by atoms with E-state index < -0.39 is 0 Å². The minimum absolute atomic E-state index is 0.141. The minimum atomic E-state index is -0.186. The molecule has 0 saturated carbocycles. The van der Waals surface area contributed by atoms with Gasteiger partial charge in [0, 0.05) is 36.0 Å². The molecule has 1 aliphatic carbocycles. The van der Waals surface area contributed by atoms with Gasteiger partial charge in [0.15, 0.2) is 0 Å². The molecule has 27 heavy (non-hydrogen) atoms. The molecule has 1 N–H and O–H groups in total. The number of hydrogen-bond acceptors (Lipinski definition) is 6. The standard InChI is InChI=1S/C21H20N2O4/c1-26-15-6-4-5-14(13-15)22-18-19(23-9-11-27-12-10-23)21(25)17-8-3-2-7-16(17)20(18)24/h2-8,13,22H,9-12H2,1H3. The molecule has 6 heteroatoms. The average Bonchev–Trinajstić information content (AvgIpc) is 2.73. The van der Waals surface area contributed by atoms with E-state index in [1.807, 2.05) is 23.1 Å². The smallest absolute Gasteiger partial charge is 0.212 e. The molecule has 0 aromatic heterocycles. The van der Waals surface area contributed by atoms with Crippen molar-refractivity contribution >= 4 is 17.3 Å². The third kappa shape index (κ3) is 3.19. The second-order valence-electron chi connectivity index (χ2n) is 6.38. The van der Waals surface area contributed by atoms with E-state index in [9.17, 15) is 9.59 Å². The van der Waals surface area contributed by atoms with Gasteiger partial charge in [-0.3, -0.25) is 9.59 Å². The zero-order valence-corrected chi connectivity index (χ0v) is 15.0. The van der Waals surface area contributed by atoms with Crippen molar-refractivity contribution in [1.82, 2.24) is 4.90 Å². The summed E-state index contributed by atoms with van der Waals surface area (Å²) in [5.74, 6) is 0.343. The highest BCUT2D eigenvalue weighted by Crippen LogP contribution is 2.30. The van der Waals surface area contributed by atoms with Gasteiger partial charge in [-0.2, -0.15) is 0 Å². The average molecular weight is 364 g/mol. The predicted molar refractivity (Wildman–Crippen MR) is 101 cm³/mol. The van der Waals surface area contributed by atoms with Gasteiger partial charge >= 0.3 is 0 Å². The number of ketones is 2. The van der Waals surface area contributed by atoms with Gasteiger partial charge in [-0.05, 0) is 12.1 Å². The van der Waals surface area contributed by atoms with Crippen LogP contribution in [0, 0.1) is 0 Å². The summed E-state index contributed by atoms with van der Waals surface area (Å²) in [7, 11) is 1.59. The fraction of sp³-hybridized carbons (Fsp3) is 0.238. The number of nitrogens with zero attached hydrogens (tertiary/aromatic N) is 1. The number of nitrogens with one attached hydrogen (secondary N) is 1. The van der Waals surface area contributed by atoms with Crippen molar-refractivity contribution in [2.45, 2.75) is 0 Å². The zero-order chi connectivity index (χ0) is 18.8. The summed E-state index contributed by atoms with van der Waals surface area (Å²) >= 11 is 0. The molecule has 0 spiro atoms. The summed E-state index contributed by atoms with van der Waals surface area (Å²) in [5.41, 5.74) is 2.26. The molecule has 1 aliphatic heterocycles. The SMILES string of the molecule is COc1cccc(NC2=C(N3CCOCC3)C(=O)c3ccccc3C2=O)c1. The summed E-state index contributed by atoms with van der Waals surface area (Å²) in [6.45, 7) is 2.19. The van der Waals surface area contributed by atoms with Crippen LogP contribution in [0.4, 0.5) is 5.69 Å². The van der Waals surface area contributed by atoms with Crippen LogP contribution in [0.1, 0.15) is 20.7 Å². The van der Waals surface area contributed by atoms with Gasteiger partial charge < -0.3 is 19.7 Å². The van der Waals surface area contributed by atoms with Crippen molar-refractivity contribution in [3.63, 3.8) is 0 Å². The number of benzene rings is 2. The third-order valence-corrected chi connectivity index (χ3v) is 4.76. The molecule has 2 aromatic rings. The first-order chi connectivity index (χ1) is 13.2. The molecule has 2 aliphatic rings. The Kier molecular flexibility index (Phi) is 4.64. The molecule has 0 bridgehead atoms. The maximum absolute atomic E-state index is 13.2. The molecule has 138 valence electrons. The number of anilines is 1. The molecule has 1 heterocycles. The Hall–Kier alpha value is -3.12. The number of methoxy groups -OCH3 is 1. The van der Waals surface area contributed by atoms with Gasteiger partial charge in [0.2, 0.25) is 11.6 Å². The van der Waals surface area contributed by atoms with E-state index in [1.54, 1.807) is 37.4 Å². The van der Waals surface area contributed by atoms with Crippen LogP contribution in [-0.2, 0) is 4.74 Å². The fourth-order valence-electron chi connectivity index (χ4n) is 3.41. The van der Waals surface area contributed by atoms with Gasteiger partial charge in [0.1, 0.15) is 17.1 Å². The molecule has 0 unspecified atom stereocenters. The number of carbonyl (C=O) groups is 2. The van der Waals surface area contributed by atoms with Crippen molar-refractivity contribution in [2.24, 2.45) is 0 Å². The molecule has 0 amide bonds. The lowest BCUT2D eigenvalue weighted by Gasteiger charge is -2.34. The first kappa shape index (κ1) is 17.3. The number of morpholine rings is 1. The Bertz CT molecular complexity index is 929. The Morgan fingerprint density at radius 2 is 1.67 bits per heavy atom. The highest BCUT2D eigenvalue weighted by molar-refractivity contribution is 6.27. The number of ether oxygens (including phenoxy) is 2. The molecule has 4 rings (SSSR count). The number of fused-ring (bicyclic) bond motifs is 1. The predicted octanol–water partition coefficient (Wildman–Crippen LogP) is 2.73. The number of allylic oxidation sites excluding steroid dienone is 2. The summed E-state index contributed by atoms with van der Waals surface area (Å²) in [4.78, 5) is 28.4. The normalized spacial score (nSPS) is 17.0. The van der Waals surface area contributed by atoms with Crippen LogP contribution in [0.15, 0.2) is 59.9 Å². The minimum Gasteiger partial charge on any atom is -0.497 e. The van der Waals surface area contributed by atoms with E-state index in [-0.39, 0.29) is 11.6 Å². The Morgan fingerprint density at radius 1 is 0.963 bits per heavy atom. The van der Waals surface area contributed by atoms with Gasteiger partial charge in [-0.15, -0.1) is 0 Å². The van der Waals surface area contributed by atoms with Crippen molar-refractivity contribution in [1.29, 1.82) is 0 Å². The van der Waals surface area contributed by atoms with Crippen molar-refractivity contribution in [3.05, 3.63) is 71.1 Å². The van der Waals surface area contributed by atoms with Crippen LogP contribution in [-0.4, -0.2) is 49.9 Å². The van der Waals surface area contributed by atoms with Crippen LogP contribution >= 0.6 is 0 Å². The van der Waals surface area contributed by atoms with Crippen LogP contribution in [0.2, 0.25) is 0 Å². The maximum atomic E-state index is 13.2. The van der Waals surface area contributed by atoms with Gasteiger partial charge in [0.05, 0.1) is 20.3 Å². The number of hydrogen-bond donors (Lipinski definition) is 1. The van der Waals surface area contributed by atoms with Crippen LogP contribution < -0.4 is 10.1 Å².